The Morgan fingerprint density at radius 1 is 0.964 bits per heavy atom. The molecule has 28 heavy (non-hydrogen) atoms. The van der Waals surface area contributed by atoms with Crippen molar-refractivity contribution in [1.29, 1.82) is 0 Å². The van der Waals surface area contributed by atoms with E-state index in [1.807, 2.05) is 11.8 Å². The van der Waals surface area contributed by atoms with Gasteiger partial charge in [0.15, 0.2) is 0 Å². The molecule has 3 heterocycles. The molecule has 0 bridgehead atoms. The molecule has 7 heteroatoms. The molecule has 0 unspecified atom stereocenters. The van der Waals surface area contributed by atoms with Crippen LogP contribution >= 0.6 is 0 Å². The summed E-state index contributed by atoms with van der Waals surface area (Å²) < 4.78 is 13.0. The Morgan fingerprint density at radius 2 is 1.64 bits per heavy atom. The first-order valence-corrected chi connectivity index (χ1v) is 9.96. The van der Waals surface area contributed by atoms with Gasteiger partial charge in [-0.05, 0) is 37.5 Å². The van der Waals surface area contributed by atoms with E-state index < -0.39 is 0 Å². The number of carbonyl (C=O) groups is 1. The zero-order valence-electron chi connectivity index (χ0n) is 16.3. The molecule has 2 aromatic rings. The number of carbonyl (C=O) groups excluding carboxylic acids is 1. The van der Waals surface area contributed by atoms with Gasteiger partial charge in [0.2, 0.25) is 11.9 Å². The predicted molar refractivity (Wildman–Crippen MR) is 107 cm³/mol. The molecule has 1 aromatic heterocycles. The highest BCUT2D eigenvalue weighted by molar-refractivity contribution is 5.79. The summed E-state index contributed by atoms with van der Waals surface area (Å²) in [6.07, 6.45) is 2.74. The minimum Gasteiger partial charge on any atom is -0.356 e. The molecule has 1 amide bonds. The van der Waals surface area contributed by atoms with Gasteiger partial charge in [0.25, 0.3) is 0 Å². The second kappa shape index (κ2) is 8.12. The van der Waals surface area contributed by atoms with Crippen molar-refractivity contribution < 1.29 is 9.18 Å². The van der Waals surface area contributed by atoms with Crippen molar-refractivity contribution in [3.05, 3.63) is 47.4 Å². The minimum atomic E-state index is -0.281. The zero-order valence-corrected chi connectivity index (χ0v) is 16.3. The largest absolute Gasteiger partial charge is 0.356 e. The van der Waals surface area contributed by atoms with Crippen LogP contribution in [0.5, 0.6) is 0 Å². The minimum absolute atomic E-state index is 0.0779. The van der Waals surface area contributed by atoms with Gasteiger partial charge in [0.1, 0.15) is 11.6 Å². The number of anilines is 2. The van der Waals surface area contributed by atoms with Crippen LogP contribution in [0.15, 0.2) is 30.3 Å². The summed E-state index contributed by atoms with van der Waals surface area (Å²) in [7, 11) is 0. The first-order valence-electron chi connectivity index (χ1n) is 9.96. The Kier molecular flexibility index (Phi) is 5.41. The molecule has 0 spiro atoms. The van der Waals surface area contributed by atoms with E-state index in [9.17, 15) is 9.18 Å². The molecular formula is C21H26FN5O. The Morgan fingerprint density at radius 3 is 2.32 bits per heavy atom. The molecule has 2 fully saturated rings. The van der Waals surface area contributed by atoms with E-state index in [1.54, 1.807) is 12.1 Å². The van der Waals surface area contributed by atoms with Gasteiger partial charge >= 0.3 is 0 Å². The third-order valence-corrected chi connectivity index (χ3v) is 5.44. The van der Waals surface area contributed by atoms with Gasteiger partial charge in [-0.1, -0.05) is 12.1 Å². The lowest BCUT2D eigenvalue weighted by Gasteiger charge is -2.35. The van der Waals surface area contributed by atoms with Gasteiger partial charge in [-0.25, -0.2) is 9.37 Å². The predicted octanol–water partition coefficient (Wildman–Crippen LogP) is 2.42. The van der Waals surface area contributed by atoms with Crippen molar-refractivity contribution in [3.63, 3.8) is 0 Å². The highest BCUT2D eigenvalue weighted by Crippen LogP contribution is 2.22. The molecule has 2 aliphatic heterocycles. The lowest BCUT2D eigenvalue weighted by Crippen LogP contribution is -2.49. The number of hydrogen-bond acceptors (Lipinski definition) is 5. The van der Waals surface area contributed by atoms with E-state index in [1.165, 1.54) is 25.0 Å². The van der Waals surface area contributed by atoms with Crippen molar-refractivity contribution in [3.8, 4) is 0 Å². The lowest BCUT2D eigenvalue weighted by atomic mass is 10.1. The molecule has 6 nitrogen and oxygen atoms in total. The summed E-state index contributed by atoms with van der Waals surface area (Å²) in [6.45, 7) is 6.86. The van der Waals surface area contributed by atoms with E-state index in [4.69, 9.17) is 4.98 Å². The first kappa shape index (κ1) is 18.7. The zero-order chi connectivity index (χ0) is 19.5. The highest BCUT2D eigenvalue weighted by Gasteiger charge is 2.24. The average Bonchev–Trinajstić information content (AvgIpc) is 3.24. The molecule has 0 atom stereocenters. The number of hydrogen-bond donors (Lipinski definition) is 0. The number of halogens is 1. The van der Waals surface area contributed by atoms with Crippen LogP contribution in [0.2, 0.25) is 0 Å². The third-order valence-electron chi connectivity index (χ3n) is 5.44. The van der Waals surface area contributed by atoms with Gasteiger partial charge < -0.3 is 14.7 Å². The van der Waals surface area contributed by atoms with Crippen molar-refractivity contribution in [2.24, 2.45) is 0 Å². The monoisotopic (exact) mass is 383 g/mol. The molecule has 0 radical (unpaired) electrons. The Bertz CT molecular complexity index is 827. The molecule has 2 saturated heterocycles. The standard InChI is InChI=1S/C21H26FN5O/c1-16-14-19(25-8-2-3-9-25)24-21(23-16)27-12-10-26(11-13-27)20(28)15-17-4-6-18(22)7-5-17/h4-7,14H,2-3,8-13,15H2,1H3. The van der Waals surface area contributed by atoms with Crippen LogP contribution in [-0.4, -0.2) is 60.0 Å². The van der Waals surface area contributed by atoms with Gasteiger partial charge in [0.05, 0.1) is 6.42 Å². The molecule has 0 saturated carbocycles. The summed E-state index contributed by atoms with van der Waals surface area (Å²) in [4.78, 5) is 28.3. The van der Waals surface area contributed by atoms with Crippen LogP contribution in [0.4, 0.5) is 16.2 Å². The number of amides is 1. The molecular weight excluding hydrogens is 357 g/mol. The van der Waals surface area contributed by atoms with Crippen molar-refractivity contribution >= 4 is 17.7 Å². The molecule has 2 aliphatic rings. The van der Waals surface area contributed by atoms with E-state index >= 15 is 0 Å². The van der Waals surface area contributed by atoms with E-state index in [-0.39, 0.29) is 11.7 Å². The maximum Gasteiger partial charge on any atom is 0.227 e. The van der Waals surface area contributed by atoms with Crippen LogP contribution in [0.1, 0.15) is 24.1 Å². The fourth-order valence-corrected chi connectivity index (χ4v) is 3.83. The van der Waals surface area contributed by atoms with Crippen LogP contribution in [0.25, 0.3) is 0 Å². The number of nitrogens with zero attached hydrogens (tertiary/aromatic N) is 5. The smallest absolute Gasteiger partial charge is 0.227 e. The maximum atomic E-state index is 13.0. The summed E-state index contributed by atoms with van der Waals surface area (Å²) in [5.74, 6) is 1.56. The second-order valence-electron chi connectivity index (χ2n) is 7.53. The number of benzene rings is 1. The van der Waals surface area contributed by atoms with E-state index in [2.05, 4.69) is 20.9 Å². The Balaban J connectivity index is 1.37. The van der Waals surface area contributed by atoms with Crippen molar-refractivity contribution in [2.45, 2.75) is 26.2 Å². The quantitative estimate of drug-likeness (QED) is 0.812. The molecule has 4 rings (SSSR count). The lowest BCUT2D eigenvalue weighted by molar-refractivity contribution is -0.130. The summed E-state index contributed by atoms with van der Waals surface area (Å²) in [6, 6.07) is 8.19. The number of aromatic nitrogens is 2. The van der Waals surface area contributed by atoms with Gasteiger partial charge in [-0.15, -0.1) is 0 Å². The molecule has 1 aromatic carbocycles. The molecule has 0 aliphatic carbocycles. The van der Waals surface area contributed by atoms with Crippen LogP contribution in [-0.2, 0) is 11.2 Å². The summed E-state index contributed by atoms with van der Waals surface area (Å²) in [5, 5.41) is 0. The van der Waals surface area contributed by atoms with Crippen LogP contribution in [0.3, 0.4) is 0 Å². The normalized spacial score (nSPS) is 17.3. The van der Waals surface area contributed by atoms with Gasteiger partial charge in [0, 0.05) is 51.0 Å². The van der Waals surface area contributed by atoms with Crippen LogP contribution in [0, 0.1) is 12.7 Å². The van der Waals surface area contributed by atoms with Crippen LogP contribution < -0.4 is 9.80 Å². The SMILES string of the molecule is Cc1cc(N2CCCC2)nc(N2CCN(C(=O)Cc3ccc(F)cc3)CC2)n1. The van der Waals surface area contributed by atoms with Gasteiger partial charge in [-0.3, -0.25) is 4.79 Å². The average molecular weight is 383 g/mol. The fraction of sp³-hybridized carbons (Fsp3) is 0.476. The van der Waals surface area contributed by atoms with Gasteiger partial charge in [-0.2, -0.15) is 4.98 Å². The molecule has 148 valence electrons. The second-order valence-corrected chi connectivity index (χ2v) is 7.53. The number of aryl methyl sites for hydroxylation is 1. The highest BCUT2D eigenvalue weighted by atomic mass is 19.1. The van der Waals surface area contributed by atoms with Crippen molar-refractivity contribution in [1.82, 2.24) is 14.9 Å². The topological polar surface area (TPSA) is 52.6 Å². The van der Waals surface area contributed by atoms with E-state index in [0.29, 0.717) is 19.5 Å². The maximum absolute atomic E-state index is 13.0. The third kappa shape index (κ3) is 4.24. The number of piperazine rings is 1. The number of rotatable bonds is 4. The molecule has 0 N–H and O–H groups in total. The summed E-state index contributed by atoms with van der Waals surface area (Å²) >= 11 is 0. The fourth-order valence-electron chi connectivity index (χ4n) is 3.83. The van der Waals surface area contributed by atoms with Crippen molar-refractivity contribution in [2.75, 3.05) is 49.1 Å². The Hall–Kier alpha value is -2.70. The Labute approximate surface area is 165 Å². The van der Waals surface area contributed by atoms with E-state index in [0.717, 1.165) is 49.2 Å². The first-order chi connectivity index (χ1) is 13.6. The summed E-state index contributed by atoms with van der Waals surface area (Å²) in [5.41, 5.74) is 1.81.